The van der Waals surface area contributed by atoms with Gasteiger partial charge in [-0.1, -0.05) is 36.4 Å². The van der Waals surface area contributed by atoms with Crippen molar-refractivity contribution in [3.8, 4) is 0 Å². The normalized spacial score (nSPS) is 15.4. The predicted octanol–water partition coefficient (Wildman–Crippen LogP) is 1.57. The van der Waals surface area contributed by atoms with Crippen molar-refractivity contribution in [3.63, 3.8) is 0 Å². The van der Waals surface area contributed by atoms with Crippen molar-refractivity contribution >= 4 is 5.91 Å². The highest BCUT2D eigenvalue weighted by molar-refractivity contribution is 5.76. The molecule has 1 aliphatic rings. The lowest BCUT2D eigenvalue weighted by Gasteiger charge is -2.17. The average molecular weight is 314 g/mol. The lowest BCUT2D eigenvalue weighted by atomic mass is 10.0. The number of aliphatic hydroxyl groups is 1. The van der Waals surface area contributed by atoms with Crippen LogP contribution in [-0.2, 0) is 17.8 Å². The molecule has 6 nitrogen and oxygen atoms in total. The molecule has 0 aliphatic heterocycles. The van der Waals surface area contributed by atoms with Gasteiger partial charge in [0, 0.05) is 12.1 Å². The second kappa shape index (κ2) is 6.91. The number of nitrogens with one attached hydrogen (secondary N) is 1. The van der Waals surface area contributed by atoms with Gasteiger partial charge in [0.1, 0.15) is 6.54 Å². The molecule has 122 valence electrons. The maximum Gasteiger partial charge on any atom is 0.242 e. The Bertz CT molecular complexity index is 661. The Hall–Kier alpha value is -2.21. The van der Waals surface area contributed by atoms with Gasteiger partial charge >= 0.3 is 0 Å². The number of nitrogens with zero attached hydrogens (tertiary/aromatic N) is 3. The molecule has 1 aromatic heterocycles. The van der Waals surface area contributed by atoms with Crippen LogP contribution in [0.25, 0.3) is 0 Å². The van der Waals surface area contributed by atoms with Gasteiger partial charge in [0.05, 0.1) is 18.3 Å². The van der Waals surface area contributed by atoms with Crippen LogP contribution in [0, 0.1) is 0 Å². The van der Waals surface area contributed by atoms with E-state index in [4.69, 9.17) is 0 Å². The molecule has 1 saturated carbocycles. The number of rotatable bonds is 7. The molecule has 6 heteroatoms. The van der Waals surface area contributed by atoms with Gasteiger partial charge in [0.2, 0.25) is 5.91 Å². The lowest BCUT2D eigenvalue weighted by Crippen LogP contribution is -2.33. The van der Waals surface area contributed by atoms with Gasteiger partial charge in [-0.05, 0) is 30.4 Å². The second-order valence-electron chi connectivity index (χ2n) is 6.01. The molecule has 0 spiro atoms. The predicted molar refractivity (Wildman–Crippen MR) is 85.8 cm³/mol. The van der Waals surface area contributed by atoms with Crippen molar-refractivity contribution in [1.29, 1.82) is 0 Å². The first-order valence-electron chi connectivity index (χ1n) is 8.08. The van der Waals surface area contributed by atoms with Gasteiger partial charge < -0.3 is 10.4 Å². The standard InChI is InChI=1S/C17H22N4O2/c1-2-12-3-5-14(6-4-12)16(11-22)18-17(23)10-21-9-15(19-20-21)13-7-8-13/h3-6,9,13,16,22H,2,7-8,10-11H2,1H3,(H,18,23). The van der Waals surface area contributed by atoms with Crippen molar-refractivity contribution in [2.45, 2.75) is 44.7 Å². The van der Waals surface area contributed by atoms with E-state index in [2.05, 4.69) is 22.6 Å². The minimum absolute atomic E-state index is 0.114. The fourth-order valence-corrected chi connectivity index (χ4v) is 2.56. The van der Waals surface area contributed by atoms with Crippen molar-refractivity contribution in [2.75, 3.05) is 6.61 Å². The van der Waals surface area contributed by atoms with Crippen LogP contribution >= 0.6 is 0 Å². The Morgan fingerprint density at radius 2 is 2.13 bits per heavy atom. The summed E-state index contributed by atoms with van der Waals surface area (Å²) in [5.41, 5.74) is 3.09. The van der Waals surface area contributed by atoms with Gasteiger partial charge in [-0.15, -0.1) is 5.10 Å². The Morgan fingerprint density at radius 3 is 2.74 bits per heavy atom. The fraction of sp³-hybridized carbons (Fsp3) is 0.471. The van der Waals surface area contributed by atoms with E-state index in [0.717, 1.165) is 30.5 Å². The average Bonchev–Trinajstić information content (AvgIpc) is 3.33. The number of carbonyl (C=O) groups is 1. The van der Waals surface area contributed by atoms with Crippen LogP contribution in [0.2, 0.25) is 0 Å². The van der Waals surface area contributed by atoms with Gasteiger partial charge in [0.15, 0.2) is 0 Å². The van der Waals surface area contributed by atoms with Gasteiger partial charge in [-0.3, -0.25) is 4.79 Å². The third kappa shape index (κ3) is 3.96. The molecule has 0 saturated heterocycles. The molecule has 2 aromatic rings. The van der Waals surface area contributed by atoms with Crippen molar-refractivity contribution in [1.82, 2.24) is 20.3 Å². The van der Waals surface area contributed by atoms with Crippen LogP contribution in [0.4, 0.5) is 0 Å². The number of hydrogen-bond acceptors (Lipinski definition) is 4. The molecule has 0 radical (unpaired) electrons. The third-order valence-electron chi connectivity index (χ3n) is 4.17. The molecule has 1 atom stereocenters. The number of amides is 1. The molecule has 0 bridgehead atoms. The fourth-order valence-electron chi connectivity index (χ4n) is 2.56. The van der Waals surface area contributed by atoms with Gasteiger partial charge in [-0.2, -0.15) is 0 Å². The summed E-state index contributed by atoms with van der Waals surface area (Å²) >= 11 is 0. The molecule has 1 heterocycles. The van der Waals surface area contributed by atoms with E-state index in [1.165, 1.54) is 5.56 Å². The number of aliphatic hydroxyl groups excluding tert-OH is 1. The summed E-state index contributed by atoms with van der Waals surface area (Å²) in [6.45, 7) is 2.07. The second-order valence-corrected chi connectivity index (χ2v) is 6.01. The van der Waals surface area contributed by atoms with Crippen molar-refractivity contribution in [3.05, 3.63) is 47.3 Å². The summed E-state index contributed by atoms with van der Waals surface area (Å²) < 4.78 is 1.55. The lowest BCUT2D eigenvalue weighted by molar-refractivity contribution is -0.123. The maximum absolute atomic E-state index is 12.2. The number of benzene rings is 1. The number of carbonyl (C=O) groups excluding carboxylic acids is 1. The maximum atomic E-state index is 12.2. The van der Waals surface area contributed by atoms with E-state index < -0.39 is 6.04 Å². The molecule has 1 fully saturated rings. The Morgan fingerprint density at radius 1 is 1.39 bits per heavy atom. The summed E-state index contributed by atoms with van der Waals surface area (Å²) in [5.74, 6) is 0.338. The van der Waals surface area contributed by atoms with Gasteiger partial charge in [0.25, 0.3) is 0 Å². The number of hydrogen-bond donors (Lipinski definition) is 2. The van der Waals surface area contributed by atoms with Crippen molar-refractivity contribution in [2.24, 2.45) is 0 Å². The van der Waals surface area contributed by atoms with E-state index in [0.29, 0.717) is 5.92 Å². The van der Waals surface area contributed by atoms with Crippen LogP contribution in [-0.4, -0.2) is 32.6 Å². The Kier molecular flexibility index (Phi) is 4.71. The van der Waals surface area contributed by atoms with Crippen LogP contribution in [0.5, 0.6) is 0 Å². The summed E-state index contributed by atoms with van der Waals surface area (Å²) in [6, 6.07) is 7.52. The summed E-state index contributed by atoms with van der Waals surface area (Å²) in [6.07, 6.45) is 5.11. The highest BCUT2D eigenvalue weighted by Gasteiger charge is 2.26. The zero-order chi connectivity index (χ0) is 16.2. The molecule has 1 aromatic carbocycles. The summed E-state index contributed by atoms with van der Waals surface area (Å²) in [7, 11) is 0. The quantitative estimate of drug-likeness (QED) is 0.813. The summed E-state index contributed by atoms with van der Waals surface area (Å²) in [5, 5.41) is 20.5. The molecule has 1 amide bonds. The molecule has 23 heavy (non-hydrogen) atoms. The largest absolute Gasteiger partial charge is 0.394 e. The highest BCUT2D eigenvalue weighted by atomic mass is 16.3. The number of aromatic nitrogens is 3. The molecular formula is C17H22N4O2. The van der Waals surface area contributed by atoms with Crippen LogP contribution in [0.15, 0.2) is 30.5 Å². The minimum Gasteiger partial charge on any atom is -0.394 e. The summed E-state index contributed by atoms with van der Waals surface area (Å²) in [4.78, 5) is 12.2. The zero-order valence-electron chi connectivity index (χ0n) is 13.3. The molecule has 3 rings (SSSR count). The smallest absolute Gasteiger partial charge is 0.242 e. The Balaban J connectivity index is 1.59. The highest BCUT2D eigenvalue weighted by Crippen LogP contribution is 2.38. The van der Waals surface area contributed by atoms with E-state index in [1.807, 2.05) is 30.5 Å². The Labute approximate surface area is 135 Å². The first-order valence-corrected chi connectivity index (χ1v) is 8.08. The molecule has 1 unspecified atom stereocenters. The van der Waals surface area contributed by atoms with Crippen molar-refractivity contribution < 1.29 is 9.90 Å². The van der Waals surface area contributed by atoms with Crippen LogP contribution in [0.3, 0.4) is 0 Å². The first-order chi connectivity index (χ1) is 11.2. The minimum atomic E-state index is -0.403. The number of aryl methyl sites for hydroxylation is 1. The van der Waals surface area contributed by atoms with E-state index in [9.17, 15) is 9.90 Å². The molecule has 1 aliphatic carbocycles. The SMILES string of the molecule is CCc1ccc(C(CO)NC(=O)Cn2cc(C3CC3)nn2)cc1. The monoisotopic (exact) mass is 314 g/mol. The first kappa shape index (κ1) is 15.7. The topological polar surface area (TPSA) is 80.0 Å². The van der Waals surface area contributed by atoms with Crippen LogP contribution < -0.4 is 5.32 Å². The van der Waals surface area contributed by atoms with Gasteiger partial charge in [-0.25, -0.2) is 4.68 Å². The van der Waals surface area contributed by atoms with Crippen LogP contribution in [0.1, 0.15) is 48.5 Å². The van der Waals surface area contributed by atoms with E-state index in [1.54, 1.807) is 4.68 Å². The zero-order valence-corrected chi connectivity index (χ0v) is 13.3. The van der Waals surface area contributed by atoms with E-state index >= 15 is 0 Å². The third-order valence-corrected chi connectivity index (χ3v) is 4.17. The molecule has 2 N–H and O–H groups in total. The molecular weight excluding hydrogens is 292 g/mol. The van der Waals surface area contributed by atoms with E-state index in [-0.39, 0.29) is 19.1 Å².